The third-order valence-electron chi connectivity index (χ3n) is 4.16. The zero-order valence-electron chi connectivity index (χ0n) is 14.6. The van der Waals surface area contributed by atoms with Gasteiger partial charge in [-0.3, -0.25) is 19.9 Å². The highest BCUT2D eigenvalue weighted by Gasteiger charge is 2.23. The molecule has 27 heavy (non-hydrogen) atoms. The fourth-order valence-electron chi connectivity index (χ4n) is 2.93. The number of rotatable bonds is 5. The number of amides is 1. The maximum Gasteiger partial charge on any atom is 0.279 e. The quantitative estimate of drug-likeness (QED) is 0.547. The number of non-ortho nitro benzene ring substituents is 1. The van der Waals surface area contributed by atoms with E-state index < -0.39 is 16.7 Å². The van der Waals surface area contributed by atoms with Gasteiger partial charge in [-0.2, -0.15) is 0 Å². The fourth-order valence-corrected chi connectivity index (χ4v) is 2.93. The maximum atomic E-state index is 13.0. The molecule has 0 aliphatic rings. The highest BCUT2D eigenvalue weighted by atomic mass is 16.6. The van der Waals surface area contributed by atoms with Gasteiger partial charge < -0.3 is 15.2 Å². The summed E-state index contributed by atoms with van der Waals surface area (Å²) in [5.74, 6) is -0.237. The Kier molecular flexibility index (Phi) is 4.89. The van der Waals surface area contributed by atoms with Crippen LogP contribution in [0.3, 0.4) is 0 Å². The van der Waals surface area contributed by atoms with E-state index in [4.69, 9.17) is 4.74 Å². The van der Waals surface area contributed by atoms with E-state index in [2.05, 4.69) is 10.3 Å². The smallest absolute Gasteiger partial charge is 0.279 e. The molecule has 0 saturated carbocycles. The number of benzene rings is 2. The van der Waals surface area contributed by atoms with Crippen LogP contribution in [0.2, 0.25) is 0 Å². The molecule has 1 heterocycles. The Hall–Kier alpha value is -3.68. The lowest BCUT2D eigenvalue weighted by molar-refractivity contribution is -0.383. The molecule has 1 amide bonds. The van der Waals surface area contributed by atoms with E-state index in [9.17, 15) is 20.0 Å². The SMILES string of the molecule is COc1ccc([C@@H](NC(C)=O)c2cc([N+](=O)[O-])c3cccnc3c2[O-])cc1. The summed E-state index contributed by atoms with van der Waals surface area (Å²) in [6.07, 6.45) is 1.40. The molecule has 8 heteroatoms. The first-order chi connectivity index (χ1) is 12.9. The Labute approximate surface area is 154 Å². The fraction of sp³-hybridized carbons (Fsp3) is 0.158. The first kappa shape index (κ1) is 18.1. The molecule has 0 radical (unpaired) electrons. The maximum absolute atomic E-state index is 13.0. The van der Waals surface area contributed by atoms with E-state index in [1.165, 1.54) is 38.4 Å². The summed E-state index contributed by atoms with van der Waals surface area (Å²) in [5.41, 5.74) is 0.420. The van der Waals surface area contributed by atoms with Crippen LogP contribution in [-0.2, 0) is 4.79 Å². The van der Waals surface area contributed by atoms with Crippen LogP contribution in [0.5, 0.6) is 11.5 Å². The van der Waals surface area contributed by atoms with Crippen molar-refractivity contribution < 1.29 is 19.6 Å². The summed E-state index contributed by atoms with van der Waals surface area (Å²) in [4.78, 5) is 26.7. The molecule has 1 atom stereocenters. The molecule has 3 rings (SSSR count). The minimum atomic E-state index is -0.856. The van der Waals surface area contributed by atoms with Gasteiger partial charge in [-0.15, -0.1) is 0 Å². The first-order valence-corrected chi connectivity index (χ1v) is 8.06. The molecule has 8 nitrogen and oxygen atoms in total. The largest absolute Gasteiger partial charge is 0.871 e. The number of carbonyl (C=O) groups is 1. The Morgan fingerprint density at radius 2 is 1.96 bits per heavy atom. The molecule has 3 aromatic rings. The van der Waals surface area contributed by atoms with Gasteiger partial charge in [-0.25, -0.2) is 0 Å². The Morgan fingerprint density at radius 3 is 2.56 bits per heavy atom. The van der Waals surface area contributed by atoms with Gasteiger partial charge in [0.05, 0.1) is 29.0 Å². The minimum absolute atomic E-state index is 0.00874. The standard InChI is InChI=1S/C19H17N3O5/c1-11(23)21-17(12-5-7-13(27-2)8-6-12)15-10-16(22(25)26)14-4-3-9-20-18(14)19(15)24/h3-10,17,24H,1-2H3,(H,21,23)/p-1/t17-/m1/s1. The lowest BCUT2D eigenvalue weighted by Gasteiger charge is -2.25. The van der Waals surface area contributed by atoms with Gasteiger partial charge in [0.25, 0.3) is 5.69 Å². The summed E-state index contributed by atoms with van der Waals surface area (Å²) in [7, 11) is 1.52. The van der Waals surface area contributed by atoms with Crippen LogP contribution in [0.1, 0.15) is 24.1 Å². The van der Waals surface area contributed by atoms with Crippen molar-refractivity contribution in [2.24, 2.45) is 0 Å². The van der Waals surface area contributed by atoms with E-state index in [-0.39, 0.29) is 28.1 Å². The predicted octanol–water partition coefficient (Wildman–Crippen LogP) is 2.45. The van der Waals surface area contributed by atoms with Crippen LogP contribution < -0.4 is 15.2 Å². The monoisotopic (exact) mass is 366 g/mol. The van der Waals surface area contributed by atoms with Crippen molar-refractivity contribution in [2.75, 3.05) is 7.11 Å². The van der Waals surface area contributed by atoms with Crippen LogP contribution in [0.4, 0.5) is 5.69 Å². The van der Waals surface area contributed by atoms with E-state index in [0.29, 0.717) is 11.3 Å². The van der Waals surface area contributed by atoms with Crippen molar-refractivity contribution in [3.05, 3.63) is 69.9 Å². The van der Waals surface area contributed by atoms with E-state index >= 15 is 0 Å². The molecule has 0 spiro atoms. The van der Waals surface area contributed by atoms with Gasteiger partial charge >= 0.3 is 0 Å². The van der Waals surface area contributed by atoms with Crippen LogP contribution in [0.25, 0.3) is 10.9 Å². The van der Waals surface area contributed by atoms with E-state index in [1.54, 1.807) is 24.3 Å². The molecular formula is C19H16N3O5-. The van der Waals surface area contributed by atoms with Gasteiger partial charge in [0.1, 0.15) is 5.75 Å². The van der Waals surface area contributed by atoms with Gasteiger partial charge in [0.2, 0.25) is 5.91 Å². The van der Waals surface area contributed by atoms with Gasteiger partial charge in [-0.1, -0.05) is 17.9 Å². The molecule has 0 saturated heterocycles. The van der Waals surface area contributed by atoms with Crippen molar-refractivity contribution in [3.8, 4) is 11.5 Å². The molecule has 2 aromatic carbocycles. The number of hydrogen-bond donors (Lipinski definition) is 1. The molecule has 0 unspecified atom stereocenters. The number of nitrogens with one attached hydrogen (secondary N) is 1. The van der Waals surface area contributed by atoms with Crippen molar-refractivity contribution in [1.29, 1.82) is 0 Å². The number of nitro groups is 1. The average Bonchev–Trinajstić information content (AvgIpc) is 2.66. The normalized spacial score (nSPS) is 11.8. The molecule has 0 aliphatic heterocycles. The van der Waals surface area contributed by atoms with E-state index in [0.717, 1.165) is 0 Å². The summed E-state index contributed by atoms with van der Waals surface area (Å²) in [6.45, 7) is 1.31. The Morgan fingerprint density at radius 1 is 1.26 bits per heavy atom. The molecular weight excluding hydrogens is 350 g/mol. The molecule has 1 aromatic heterocycles. The van der Waals surface area contributed by atoms with Crippen molar-refractivity contribution in [2.45, 2.75) is 13.0 Å². The molecule has 0 fully saturated rings. The number of pyridine rings is 1. The zero-order valence-corrected chi connectivity index (χ0v) is 14.6. The number of methoxy groups -OCH3 is 1. The number of fused-ring (bicyclic) bond motifs is 1. The average molecular weight is 366 g/mol. The number of hydrogen-bond acceptors (Lipinski definition) is 6. The van der Waals surface area contributed by atoms with Crippen molar-refractivity contribution >= 4 is 22.5 Å². The molecule has 0 bridgehead atoms. The van der Waals surface area contributed by atoms with E-state index in [1.807, 2.05) is 0 Å². The van der Waals surface area contributed by atoms with Crippen molar-refractivity contribution in [3.63, 3.8) is 0 Å². The topological polar surface area (TPSA) is 117 Å². The van der Waals surface area contributed by atoms with Crippen molar-refractivity contribution in [1.82, 2.24) is 10.3 Å². The number of carbonyl (C=O) groups excluding carboxylic acids is 1. The number of nitrogens with zero attached hydrogens (tertiary/aromatic N) is 2. The summed E-state index contributed by atoms with van der Waals surface area (Å²) in [6, 6.07) is 10.1. The van der Waals surface area contributed by atoms with Crippen LogP contribution in [-0.4, -0.2) is 22.9 Å². The van der Waals surface area contributed by atoms with Gasteiger partial charge in [-0.05, 0) is 35.4 Å². The molecule has 0 aliphatic carbocycles. The second kappa shape index (κ2) is 7.28. The molecule has 1 N–H and O–H groups in total. The zero-order chi connectivity index (χ0) is 19.6. The number of ether oxygens (including phenoxy) is 1. The van der Waals surface area contributed by atoms with Crippen LogP contribution in [0, 0.1) is 10.1 Å². The lowest BCUT2D eigenvalue weighted by atomic mass is 9.95. The predicted molar refractivity (Wildman–Crippen MR) is 96.5 cm³/mol. The highest BCUT2D eigenvalue weighted by molar-refractivity contribution is 5.93. The molecule has 138 valence electrons. The van der Waals surface area contributed by atoms with Crippen LogP contribution >= 0.6 is 0 Å². The Balaban J connectivity index is 2.24. The summed E-state index contributed by atoms with van der Waals surface area (Å²) in [5, 5.41) is 27.3. The van der Waals surface area contributed by atoms with Gasteiger partial charge in [0.15, 0.2) is 0 Å². The summed E-state index contributed by atoms with van der Waals surface area (Å²) >= 11 is 0. The highest BCUT2D eigenvalue weighted by Crippen LogP contribution is 2.38. The minimum Gasteiger partial charge on any atom is -0.871 e. The lowest BCUT2D eigenvalue weighted by Crippen LogP contribution is -2.28. The third kappa shape index (κ3) is 3.50. The second-order valence-electron chi connectivity index (χ2n) is 5.88. The van der Waals surface area contributed by atoms with Crippen LogP contribution in [0.15, 0.2) is 48.7 Å². The first-order valence-electron chi connectivity index (χ1n) is 8.06. The van der Waals surface area contributed by atoms with Gasteiger partial charge in [0, 0.05) is 19.2 Å². The number of aromatic nitrogens is 1. The number of nitro benzene ring substituents is 1. The Bertz CT molecular complexity index is 1020. The second-order valence-corrected chi connectivity index (χ2v) is 5.88. The third-order valence-corrected chi connectivity index (χ3v) is 4.16. The summed E-state index contributed by atoms with van der Waals surface area (Å²) < 4.78 is 5.12.